The lowest BCUT2D eigenvalue weighted by atomic mass is 9.71. The zero-order chi connectivity index (χ0) is 35.0. The number of hydrogen-bond donors (Lipinski definition) is 1. The third kappa shape index (κ3) is 5.94. The molecule has 3 aromatic carbocycles. The van der Waals surface area contributed by atoms with Crippen molar-refractivity contribution < 1.29 is 52.8 Å². The van der Waals surface area contributed by atoms with Crippen molar-refractivity contribution in [3.05, 3.63) is 107 Å². The van der Waals surface area contributed by atoms with Crippen molar-refractivity contribution in [2.75, 3.05) is 39.3 Å². The number of anilines is 2. The van der Waals surface area contributed by atoms with Crippen LogP contribution in [0.3, 0.4) is 0 Å². The van der Waals surface area contributed by atoms with Gasteiger partial charge in [-0.2, -0.15) is 0 Å². The molecular formula is C36H32N2O11. The van der Waals surface area contributed by atoms with Crippen molar-refractivity contribution in [3.63, 3.8) is 0 Å². The zero-order valence-electron chi connectivity index (χ0n) is 27.0. The van der Waals surface area contributed by atoms with Crippen LogP contribution in [0.15, 0.2) is 84.7 Å². The van der Waals surface area contributed by atoms with Crippen molar-refractivity contribution in [1.29, 1.82) is 0 Å². The van der Waals surface area contributed by atoms with E-state index < -0.39 is 60.5 Å². The molecule has 0 aromatic heterocycles. The molecular weight excluding hydrogens is 636 g/mol. The summed E-state index contributed by atoms with van der Waals surface area (Å²) in [7, 11) is 4.16. The van der Waals surface area contributed by atoms with Gasteiger partial charge in [-0.05, 0) is 60.7 Å². The summed E-state index contributed by atoms with van der Waals surface area (Å²) in [6, 6.07) is 16.6. The number of nitrogens with zero attached hydrogens (tertiary/aromatic N) is 2. The Kier molecular flexibility index (Phi) is 8.59. The van der Waals surface area contributed by atoms with Gasteiger partial charge in [0.2, 0.25) is 0 Å². The second-order valence-corrected chi connectivity index (χ2v) is 11.6. The van der Waals surface area contributed by atoms with Crippen molar-refractivity contribution in [1.82, 2.24) is 4.90 Å². The van der Waals surface area contributed by atoms with Crippen LogP contribution in [0.2, 0.25) is 0 Å². The largest absolute Gasteiger partial charge is 0.508 e. The van der Waals surface area contributed by atoms with E-state index in [-0.39, 0.29) is 16.9 Å². The van der Waals surface area contributed by atoms with Crippen LogP contribution in [0.5, 0.6) is 11.5 Å². The summed E-state index contributed by atoms with van der Waals surface area (Å²) < 4.78 is 27.5. The van der Waals surface area contributed by atoms with Crippen LogP contribution < -0.4 is 9.64 Å². The summed E-state index contributed by atoms with van der Waals surface area (Å²) in [5.41, 5.74) is 1.22. The fraction of sp³-hybridized carbons (Fsp3) is 0.250. The number of benzene rings is 3. The minimum absolute atomic E-state index is 0.0311. The number of methoxy groups -OCH3 is 2. The third-order valence-electron chi connectivity index (χ3n) is 8.61. The number of phenols is 1. The lowest BCUT2D eigenvalue weighted by molar-refractivity contribution is -0.145. The average Bonchev–Trinajstić information content (AvgIpc) is 3.38. The van der Waals surface area contributed by atoms with Gasteiger partial charge in [0.05, 0.1) is 25.7 Å². The van der Waals surface area contributed by atoms with Crippen LogP contribution in [0.4, 0.5) is 11.4 Å². The Morgan fingerprint density at radius 1 is 0.878 bits per heavy atom. The summed E-state index contributed by atoms with van der Waals surface area (Å²) in [5, 5.41) is 9.76. The molecule has 0 saturated carbocycles. The molecule has 2 aliphatic heterocycles. The molecule has 3 aromatic rings. The highest BCUT2D eigenvalue weighted by Gasteiger charge is 2.58. The van der Waals surface area contributed by atoms with Gasteiger partial charge in [0.25, 0.3) is 5.91 Å². The smallest absolute Gasteiger partial charge is 0.339 e. The Balaban J connectivity index is 1.45. The molecule has 6 rings (SSSR count). The third-order valence-corrected chi connectivity index (χ3v) is 8.61. The molecule has 1 spiro atoms. The molecule has 0 saturated heterocycles. The first kappa shape index (κ1) is 32.8. The monoisotopic (exact) mass is 668 g/mol. The molecule has 1 aliphatic carbocycles. The summed E-state index contributed by atoms with van der Waals surface area (Å²) in [4.78, 5) is 66.1. The summed E-state index contributed by atoms with van der Waals surface area (Å²) in [6.07, 6.45) is 4.37. The van der Waals surface area contributed by atoms with E-state index in [1.807, 2.05) is 18.0 Å². The van der Waals surface area contributed by atoms with Crippen molar-refractivity contribution in [2.24, 2.45) is 5.92 Å². The van der Waals surface area contributed by atoms with Crippen LogP contribution in [0.1, 0.15) is 38.8 Å². The van der Waals surface area contributed by atoms with Gasteiger partial charge >= 0.3 is 23.9 Å². The van der Waals surface area contributed by atoms with Gasteiger partial charge in [-0.15, -0.1) is 0 Å². The van der Waals surface area contributed by atoms with Crippen LogP contribution in [-0.4, -0.2) is 80.3 Å². The van der Waals surface area contributed by atoms with E-state index in [4.69, 9.17) is 23.7 Å². The summed E-state index contributed by atoms with van der Waals surface area (Å²) in [5.74, 6) is -3.17. The topological polar surface area (TPSA) is 158 Å². The Bertz CT molecular complexity index is 1920. The van der Waals surface area contributed by atoms with E-state index in [0.717, 1.165) is 30.5 Å². The molecule has 252 valence electrons. The predicted octanol–water partition coefficient (Wildman–Crippen LogP) is 3.76. The maximum atomic E-state index is 13.7. The highest BCUT2D eigenvalue weighted by atomic mass is 16.6. The van der Waals surface area contributed by atoms with E-state index in [9.17, 15) is 29.1 Å². The number of esters is 4. The number of hydrogen-bond acceptors (Lipinski definition) is 12. The van der Waals surface area contributed by atoms with Crippen LogP contribution >= 0.6 is 0 Å². The van der Waals surface area contributed by atoms with Crippen LogP contribution in [0, 0.1) is 5.92 Å². The Morgan fingerprint density at radius 2 is 1.53 bits per heavy atom. The molecule has 13 nitrogen and oxygen atoms in total. The van der Waals surface area contributed by atoms with Gasteiger partial charge in [-0.25, -0.2) is 4.79 Å². The lowest BCUT2D eigenvalue weighted by Gasteiger charge is -2.43. The predicted molar refractivity (Wildman–Crippen MR) is 172 cm³/mol. The lowest BCUT2D eigenvalue weighted by Crippen LogP contribution is -2.43. The Labute approximate surface area is 280 Å². The number of phenolic OH excluding ortho intramolecular Hbond substituents is 1. The number of fused-ring (bicyclic) bond motifs is 6. The maximum absolute atomic E-state index is 13.7. The van der Waals surface area contributed by atoms with E-state index in [0.29, 0.717) is 22.6 Å². The second-order valence-electron chi connectivity index (χ2n) is 11.6. The molecule has 0 bridgehead atoms. The highest BCUT2D eigenvalue weighted by Crippen LogP contribution is 2.57. The molecule has 3 atom stereocenters. The second kappa shape index (κ2) is 12.8. The van der Waals surface area contributed by atoms with E-state index in [1.165, 1.54) is 19.1 Å². The molecule has 3 unspecified atom stereocenters. The first-order chi connectivity index (χ1) is 23.4. The molecule has 49 heavy (non-hydrogen) atoms. The molecule has 1 amide bonds. The normalized spacial score (nSPS) is 19.7. The first-order valence-corrected chi connectivity index (χ1v) is 15.2. The fourth-order valence-electron chi connectivity index (χ4n) is 6.25. The summed E-state index contributed by atoms with van der Waals surface area (Å²) >= 11 is 0. The number of amides is 1. The number of aromatic hydroxyl groups is 1. The van der Waals surface area contributed by atoms with Gasteiger partial charge < -0.3 is 38.6 Å². The van der Waals surface area contributed by atoms with Gasteiger partial charge in [0.15, 0.2) is 5.60 Å². The molecule has 2 heterocycles. The van der Waals surface area contributed by atoms with Gasteiger partial charge in [0.1, 0.15) is 36.5 Å². The average molecular weight is 669 g/mol. The Hall–Kier alpha value is -6.11. The highest BCUT2D eigenvalue weighted by molar-refractivity contribution is 6.02. The first-order valence-electron chi connectivity index (χ1n) is 15.2. The molecule has 1 N–H and O–H groups in total. The van der Waals surface area contributed by atoms with E-state index in [2.05, 4.69) is 0 Å². The van der Waals surface area contributed by atoms with Crippen molar-refractivity contribution in [3.8, 4) is 11.5 Å². The van der Waals surface area contributed by atoms with E-state index in [1.54, 1.807) is 60.7 Å². The van der Waals surface area contributed by atoms with Gasteiger partial charge in [-0.3, -0.25) is 19.2 Å². The molecule has 3 aliphatic rings. The minimum Gasteiger partial charge on any atom is -0.508 e. The number of carbonyl (C=O) groups excluding carboxylic acids is 5. The zero-order valence-corrected chi connectivity index (χ0v) is 27.0. The van der Waals surface area contributed by atoms with Gasteiger partial charge in [-0.1, -0.05) is 12.1 Å². The van der Waals surface area contributed by atoms with Crippen molar-refractivity contribution in [2.45, 2.75) is 18.6 Å². The number of ether oxygens (including phenoxy) is 5. The standard InChI is InChI=1S/C36H32N2O11/c1-20(39)47-25-11-14-29-31(17-25)48-30-16-23(37(2)22-6-9-24(40)10-7-22)8-13-28(30)36(29)27-12-5-21(15-26(27)35(44)49-36)34(43)38(18-32(41)45-3)19-33(42)46-4/h5-17,25,29,40H,18-19H2,1-4H3. The van der Waals surface area contributed by atoms with Crippen LogP contribution in [-0.2, 0) is 38.9 Å². The summed E-state index contributed by atoms with van der Waals surface area (Å²) in [6.45, 7) is 0.256. The SMILES string of the molecule is COC(=O)CN(CC(=O)OC)C(=O)c1ccc2c(c1)C(=O)OC21c2ccc(N(C)c3ccc(O)cc3)cc2OC2=CC(OC(C)=O)C=CC21. The number of rotatable bonds is 8. The van der Waals surface area contributed by atoms with Crippen LogP contribution in [0.25, 0.3) is 0 Å². The van der Waals surface area contributed by atoms with E-state index >= 15 is 0 Å². The Morgan fingerprint density at radius 3 is 2.18 bits per heavy atom. The maximum Gasteiger partial charge on any atom is 0.339 e. The quantitative estimate of drug-likeness (QED) is 0.211. The molecule has 0 radical (unpaired) electrons. The molecule has 0 fully saturated rings. The fourth-order valence-corrected chi connectivity index (χ4v) is 6.25. The van der Waals surface area contributed by atoms with Crippen molar-refractivity contribution >= 4 is 41.2 Å². The molecule has 13 heteroatoms. The number of carbonyl (C=O) groups is 5. The minimum atomic E-state index is -1.43. The van der Waals surface area contributed by atoms with Gasteiger partial charge in [0, 0.05) is 48.1 Å².